The van der Waals surface area contributed by atoms with E-state index in [2.05, 4.69) is 5.32 Å². The lowest BCUT2D eigenvalue weighted by Crippen LogP contribution is -2.40. The molecule has 0 aliphatic heterocycles. The number of methoxy groups -OCH3 is 1. The van der Waals surface area contributed by atoms with E-state index >= 15 is 0 Å². The third-order valence-corrected chi connectivity index (χ3v) is 3.49. The van der Waals surface area contributed by atoms with E-state index < -0.39 is 5.60 Å². The van der Waals surface area contributed by atoms with Crippen molar-refractivity contribution >= 4 is 0 Å². The molecule has 2 atom stereocenters. The molecule has 0 radical (unpaired) electrons. The van der Waals surface area contributed by atoms with Crippen molar-refractivity contribution in [1.29, 1.82) is 0 Å². The molecule has 1 heterocycles. The number of aliphatic hydroxyl groups is 1. The Hall–Kier alpha value is -1.62. The molecule has 2 unspecified atom stereocenters. The molecule has 0 saturated heterocycles. The maximum Gasteiger partial charge on any atom is 0.125 e. The van der Waals surface area contributed by atoms with Crippen molar-refractivity contribution in [1.82, 2.24) is 5.32 Å². The minimum atomic E-state index is -0.824. The predicted molar refractivity (Wildman–Crippen MR) is 82.1 cm³/mol. The monoisotopic (exact) mass is 289 g/mol. The van der Waals surface area contributed by atoms with E-state index in [1.54, 1.807) is 13.4 Å². The number of hydrogen-bond acceptors (Lipinski definition) is 4. The van der Waals surface area contributed by atoms with Gasteiger partial charge < -0.3 is 19.6 Å². The molecule has 0 amide bonds. The average molecular weight is 289 g/mol. The third kappa shape index (κ3) is 4.70. The lowest BCUT2D eigenvalue weighted by molar-refractivity contribution is 0.0232. The van der Waals surface area contributed by atoms with Crippen LogP contribution in [0, 0.1) is 0 Å². The number of nitrogens with one attached hydrogen (secondary N) is 1. The van der Waals surface area contributed by atoms with Gasteiger partial charge in [-0.25, -0.2) is 0 Å². The molecule has 0 spiro atoms. The molecule has 2 rings (SSSR count). The molecular formula is C17H23NO3. The van der Waals surface area contributed by atoms with E-state index in [0.29, 0.717) is 19.6 Å². The first-order valence-electron chi connectivity index (χ1n) is 7.15. The van der Waals surface area contributed by atoms with Crippen LogP contribution in [0.2, 0.25) is 0 Å². The summed E-state index contributed by atoms with van der Waals surface area (Å²) in [4.78, 5) is 0. The summed E-state index contributed by atoms with van der Waals surface area (Å²) in [6.07, 6.45) is 2.24. The third-order valence-electron chi connectivity index (χ3n) is 3.49. The highest BCUT2D eigenvalue weighted by molar-refractivity contribution is 5.26. The molecule has 0 saturated carbocycles. The van der Waals surface area contributed by atoms with E-state index in [9.17, 15) is 5.11 Å². The van der Waals surface area contributed by atoms with E-state index in [1.807, 2.05) is 49.4 Å². The van der Waals surface area contributed by atoms with Crippen LogP contribution < -0.4 is 5.32 Å². The summed E-state index contributed by atoms with van der Waals surface area (Å²) in [6.45, 7) is 2.80. The van der Waals surface area contributed by atoms with Crippen LogP contribution >= 0.6 is 0 Å². The highest BCUT2D eigenvalue weighted by Gasteiger charge is 2.24. The van der Waals surface area contributed by atoms with Gasteiger partial charge in [-0.3, -0.25) is 0 Å². The Morgan fingerprint density at radius 1 is 1.24 bits per heavy atom. The van der Waals surface area contributed by atoms with Crippen molar-refractivity contribution in [2.75, 3.05) is 20.3 Å². The maximum absolute atomic E-state index is 10.4. The van der Waals surface area contributed by atoms with Crippen molar-refractivity contribution in [3.63, 3.8) is 0 Å². The predicted octanol–water partition coefficient (Wildman–Crippen LogP) is 2.75. The average Bonchev–Trinajstić information content (AvgIpc) is 3.01. The van der Waals surface area contributed by atoms with Crippen LogP contribution in [0.3, 0.4) is 0 Å². The zero-order valence-electron chi connectivity index (χ0n) is 12.6. The Balaban J connectivity index is 2.08. The fraction of sp³-hybridized carbons (Fsp3) is 0.412. The van der Waals surface area contributed by atoms with Crippen molar-refractivity contribution in [2.24, 2.45) is 0 Å². The summed E-state index contributed by atoms with van der Waals surface area (Å²) in [5.41, 5.74) is 0.283. The Morgan fingerprint density at radius 2 is 2.00 bits per heavy atom. The quantitative estimate of drug-likeness (QED) is 0.784. The molecular weight excluding hydrogens is 266 g/mol. The largest absolute Gasteiger partial charge is 0.467 e. The number of ether oxygens (including phenoxy) is 1. The molecule has 4 heteroatoms. The summed E-state index contributed by atoms with van der Waals surface area (Å²) in [5.74, 6) is 0.837. The van der Waals surface area contributed by atoms with Crippen LogP contribution in [0.25, 0.3) is 0 Å². The van der Waals surface area contributed by atoms with Gasteiger partial charge in [-0.15, -0.1) is 0 Å². The molecule has 1 aromatic heterocycles. The fourth-order valence-corrected chi connectivity index (χ4v) is 2.22. The Kier molecular flexibility index (Phi) is 5.56. The highest BCUT2D eigenvalue weighted by Crippen LogP contribution is 2.23. The van der Waals surface area contributed by atoms with E-state index in [1.165, 1.54) is 0 Å². The smallest absolute Gasteiger partial charge is 0.125 e. The summed E-state index contributed by atoms with van der Waals surface area (Å²) < 4.78 is 10.6. The van der Waals surface area contributed by atoms with Gasteiger partial charge in [0.25, 0.3) is 0 Å². The van der Waals surface area contributed by atoms with Gasteiger partial charge in [-0.1, -0.05) is 30.3 Å². The summed E-state index contributed by atoms with van der Waals surface area (Å²) in [7, 11) is 1.64. The molecule has 0 fully saturated rings. The Morgan fingerprint density at radius 3 is 2.62 bits per heavy atom. The van der Waals surface area contributed by atoms with Crippen molar-refractivity contribution in [3.8, 4) is 0 Å². The number of furan rings is 1. The van der Waals surface area contributed by atoms with Crippen LogP contribution in [0.5, 0.6) is 0 Å². The van der Waals surface area contributed by atoms with Gasteiger partial charge in [0.1, 0.15) is 5.76 Å². The van der Waals surface area contributed by atoms with Gasteiger partial charge in [-0.05, 0) is 24.6 Å². The number of rotatable bonds is 8. The second kappa shape index (κ2) is 7.41. The standard InChI is InChI=1S/C17H23NO3/c1-17(19,10-12-20-2)13-18-16(15-9-6-11-21-15)14-7-4-3-5-8-14/h3-9,11,16,18-19H,10,12-13H2,1-2H3. The Labute approximate surface area is 125 Å². The zero-order valence-corrected chi connectivity index (χ0v) is 12.6. The normalized spacial score (nSPS) is 15.6. The molecule has 2 aromatic rings. The highest BCUT2D eigenvalue weighted by atomic mass is 16.5. The van der Waals surface area contributed by atoms with E-state index in [-0.39, 0.29) is 6.04 Å². The van der Waals surface area contributed by atoms with E-state index in [0.717, 1.165) is 11.3 Å². The first kappa shape index (κ1) is 15.8. The van der Waals surface area contributed by atoms with Gasteiger partial charge in [0.05, 0.1) is 17.9 Å². The van der Waals surface area contributed by atoms with Crippen molar-refractivity contribution in [2.45, 2.75) is 25.0 Å². The minimum Gasteiger partial charge on any atom is -0.467 e. The lowest BCUT2D eigenvalue weighted by Gasteiger charge is -2.26. The maximum atomic E-state index is 10.4. The molecule has 0 bridgehead atoms. The van der Waals surface area contributed by atoms with Gasteiger partial charge in [0.2, 0.25) is 0 Å². The molecule has 1 aromatic carbocycles. The van der Waals surface area contributed by atoms with Crippen LogP contribution in [0.1, 0.15) is 30.7 Å². The van der Waals surface area contributed by atoms with Gasteiger partial charge in [-0.2, -0.15) is 0 Å². The molecule has 0 aliphatic carbocycles. The first-order chi connectivity index (χ1) is 10.1. The number of hydrogen-bond donors (Lipinski definition) is 2. The first-order valence-corrected chi connectivity index (χ1v) is 7.15. The second-order valence-corrected chi connectivity index (χ2v) is 5.48. The second-order valence-electron chi connectivity index (χ2n) is 5.48. The fourth-order valence-electron chi connectivity index (χ4n) is 2.22. The topological polar surface area (TPSA) is 54.6 Å². The SMILES string of the molecule is COCCC(C)(O)CNC(c1ccccc1)c1ccco1. The molecule has 0 aliphatic rings. The molecule has 4 nitrogen and oxygen atoms in total. The summed E-state index contributed by atoms with van der Waals surface area (Å²) >= 11 is 0. The number of benzene rings is 1. The van der Waals surface area contributed by atoms with E-state index in [4.69, 9.17) is 9.15 Å². The van der Waals surface area contributed by atoms with Gasteiger partial charge in [0.15, 0.2) is 0 Å². The van der Waals surface area contributed by atoms with Crippen molar-refractivity contribution < 1.29 is 14.3 Å². The molecule has 21 heavy (non-hydrogen) atoms. The Bertz CT molecular complexity index is 508. The van der Waals surface area contributed by atoms with Crippen LogP contribution in [0.15, 0.2) is 53.1 Å². The van der Waals surface area contributed by atoms with Crippen LogP contribution in [-0.4, -0.2) is 31.0 Å². The van der Waals surface area contributed by atoms with Crippen molar-refractivity contribution in [3.05, 3.63) is 60.1 Å². The van der Waals surface area contributed by atoms with Crippen LogP contribution in [0.4, 0.5) is 0 Å². The summed E-state index contributed by atoms with van der Waals surface area (Å²) in [5, 5.41) is 13.8. The summed E-state index contributed by atoms with van der Waals surface area (Å²) in [6, 6.07) is 13.8. The van der Waals surface area contributed by atoms with Gasteiger partial charge in [0, 0.05) is 26.7 Å². The lowest BCUT2D eigenvalue weighted by atomic mass is 10.00. The van der Waals surface area contributed by atoms with Gasteiger partial charge >= 0.3 is 0 Å². The van der Waals surface area contributed by atoms with Crippen LogP contribution in [-0.2, 0) is 4.74 Å². The minimum absolute atomic E-state index is 0.0739. The molecule has 114 valence electrons. The zero-order chi connectivity index (χ0) is 15.1. The molecule has 2 N–H and O–H groups in total.